The number of aliphatic imine (C=N–C) groups is 1. The number of ether oxygens (including phenoxy) is 5. The van der Waals surface area contributed by atoms with Crippen LogP contribution in [0.25, 0.3) is 0 Å². The topological polar surface area (TPSA) is 195 Å². The van der Waals surface area contributed by atoms with Gasteiger partial charge in [0.1, 0.15) is 28.1 Å². The van der Waals surface area contributed by atoms with Gasteiger partial charge in [0, 0.05) is 24.5 Å². The number of rotatable bonds is 13. The van der Waals surface area contributed by atoms with Gasteiger partial charge < -0.3 is 23.7 Å². The number of nitrogens with one attached hydrogen (secondary N) is 2. The number of carbonyl (C=O) groups excluding carboxylic acids is 4. The number of hydrogen-bond donors (Lipinski definition) is 2. The Morgan fingerprint density at radius 1 is 0.698 bits per heavy atom. The lowest BCUT2D eigenvalue weighted by Crippen LogP contribution is -2.53. The number of hydrogen-bond acceptors (Lipinski definition) is 12. The van der Waals surface area contributed by atoms with Crippen molar-refractivity contribution in [1.29, 1.82) is 5.41 Å². The molecule has 53 heavy (non-hydrogen) atoms. The SMILES string of the molecule is CC(C)(C)OC(=O)N=C(N(CCCCCCCBr)C(=O)OC(C)(C)C)N(CCCOc1ccc(C(=N)NC(=O)OC(C)(C)C)nn1)C(=O)OC(C)(C)C. The second kappa shape index (κ2) is 21.0. The van der Waals surface area contributed by atoms with E-state index in [1.54, 1.807) is 83.1 Å². The number of alkyl carbamates (subject to hydrolysis) is 1. The molecule has 1 aromatic rings. The van der Waals surface area contributed by atoms with Gasteiger partial charge in [-0.3, -0.25) is 10.7 Å². The van der Waals surface area contributed by atoms with Crippen LogP contribution in [0.15, 0.2) is 17.1 Å². The van der Waals surface area contributed by atoms with E-state index in [-0.39, 0.29) is 49.5 Å². The normalized spacial score (nSPS) is 12.4. The van der Waals surface area contributed by atoms with E-state index in [4.69, 9.17) is 29.1 Å². The Balaban J connectivity index is 3.39. The first kappa shape index (κ1) is 47.0. The van der Waals surface area contributed by atoms with E-state index in [2.05, 4.69) is 36.4 Å². The number of amides is 4. The molecule has 0 fully saturated rings. The molecular weight excluding hydrogens is 754 g/mol. The van der Waals surface area contributed by atoms with E-state index in [0.717, 1.165) is 35.9 Å². The van der Waals surface area contributed by atoms with Crippen LogP contribution in [0.2, 0.25) is 0 Å². The minimum absolute atomic E-state index is 0.0145. The van der Waals surface area contributed by atoms with Gasteiger partial charge >= 0.3 is 24.4 Å². The number of nitrogens with zero attached hydrogens (tertiary/aromatic N) is 5. The first-order chi connectivity index (χ1) is 24.3. The summed E-state index contributed by atoms with van der Waals surface area (Å²) in [7, 11) is 0. The summed E-state index contributed by atoms with van der Waals surface area (Å²) in [5.74, 6) is -0.500. The van der Waals surface area contributed by atoms with E-state index in [0.29, 0.717) is 6.42 Å². The van der Waals surface area contributed by atoms with Crippen molar-refractivity contribution >= 4 is 52.1 Å². The van der Waals surface area contributed by atoms with Crippen molar-refractivity contribution < 1.29 is 42.9 Å². The molecule has 17 heteroatoms. The summed E-state index contributed by atoms with van der Waals surface area (Å²) in [5.41, 5.74) is -3.40. The van der Waals surface area contributed by atoms with Gasteiger partial charge in [-0.15, -0.1) is 15.2 Å². The maximum Gasteiger partial charge on any atom is 0.437 e. The lowest BCUT2D eigenvalue weighted by molar-refractivity contribution is 0.0269. The minimum atomic E-state index is -1.01. The van der Waals surface area contributed by atoms with Gasteiger partial charge in [-0.2, -0.15) is 0 Å². The maximum absolute atomic E-state index is 13.8. The molecule has 0 spiro atoms. The molecule has 0 saturated carbocycles. The van der Waals surface area contributed by atoms with Crippen molar-refractivity contribution in [2.24, 2.45) is 4.99 Å². The number of unbranched alkanes of at least 4 members (excludes halogenated alkanes) is 4. The molecule has 0 bridgehead atoms. The molecule has 0 unspecified atom stereocenters. The summed E-state index contributed by atoms with van der Waals surface area (Å²) in [6, 6.07) is 2.91. The summed E-state index contributed by atoms with van der Waals surface area (Å²) in [5, 5.41) is 19.2. The van der Waals surface area contributed by atoms with E-state index < -0.39 is 46.8 Å². The monoisotopic (exact) mass is 813 g/mol. The first-order valence-electron chi connectivity index (χ1n) is 17.7. The van der Waals surface area contributed by atoms with Gasteiger partial charge in [-0.1, -0.05) is 35.2 Å². The standard InChI is InChI=1S/C36H60BrN7O9/c1-33(2,3)50-29(45)39-27(38)25-19-20-26(42-41-25)49-24-18-23-44(32(48)53-36(10,11)12)28(40-30(46)51-34(4,5)6)43(31(47)52-35(7,8)9)22-17-15-13-14-16-21-37/h19-20H,13-18,21-24H2,1-12H3,(H2,38,39,45). The number of guanidine groups is 1. The number of aromatic nitrogens is 2. The Morgan fingerprint density at radius 3 is 1.66 bits per heavy atom. The van der Waals surface area contributed by atoms with Crippen LogP contribution in [0, 0.1) is 5.41 Å². The molecule has 1 rings (SSSR count). The predicted molar refractivity (Wildman–Crippen MR) is 205 cm³/mol. The summed E-state index contributed by atoms with van der Waals surface area (Å²) in [6.07, 6.45) is 0.959. The van der Waals surface area contributed by atoms with Crippen molar-refractivity contribution in [1.82, 2.24) is 25.3 Å². The van der Waals surface area contributed by atoms with Gasteiger partial charge in [-0.25, -0.2) is 29.0 Å². The highest BCUT2D eigenvalue weighted by molar-refractivity contribution is 9.09. The van der Waals surface area contributed by atoms with Gasteiger partial charge in [0.15, 0.2) is 5.84 Å². The molecule has 0 radical (unpaired) electrons. The molecule has 2 N–H and O–H groups in total. The Morgan fingerprint density at radius 2 is 1.19 bits per heavy atom. The molecule has 0 aliphatic heterocycles. The van der Waals surface area contributed by atoms with Crippen molar-refractivity contribution in [3.63, 3.8) is 0 Å². The van der Waals surface area contributed by atoms with Crippen LogP contribution in [-0.4, -0.2) is 104 Å². The largest absolute Gasteiger partial charge is 0.477 e. The van der Waals surface area contributed by atoms with Crippen molar-refractivity contribution in [3.05, 3.63) is 17.8 Å². The van der Waals surface area contributed by atoms with Crippen LogP contribution < -0.4 is 10.1 Å². The van der Waals surface area contributed by atoms with Gasteiger partial charge in [-0.05, 0) is 108 Å². The van der Waals surface area contributed by atoms with Crippen LogP contribution in [-0.2, 0) is 18.9 Å². The summed E-state index contributed by atoms with van der Waals surface area (Å²) in [4.78, 5) is 59.2. The highest BCUT2D eigenvalue weighted by atomic mass is 79.9. The lowest BCUT2D eigenvalue weighted by atomic mass is 10.1. The quantitative estimate of drug-likeness (QED) is 0.0641. The molecule has 4 amide bonds. The summed E-state index contributed by atoms with van der Waals surface area (Å²) in [6.45, 7) is 20.4. The summed E-state index contributed by atoms with van der Waals surface area (Å²) >= 11 is 3.44. The molecule has 1 heterocycles. The van der Waals surface area contributed by atoms with E-state index >= 15 is 0 Å². The third kappa shape index (κ3) is 21.3. The van der Waals surface area contributed by atoms with Crippen LogP contribution in [0.4, 0.5) is 19.2 Å². The zero-order chi connectivity index (χ0) is 40.6. The Hall–Kier alpha value is -4.02. The first-order valence-corrected chi connectivity index (χ1v) is 18.9. The van der Waals surface area contributed by atoms with E-state index in [9.17, 15) is 19.2 Å². The molecule has 0 aliphatic carbocycles. The fourth-order valence-corrected chi connectivity index (χ4v) is 4.50. The molecule has 0 saturated heterocycles. The third-order valence-electron chi connectivity index (χ3n) is 6.11. The summed E-state index contributed by atoms with van der Waals surface area (Å²) < 4.78 is 27.8. The van der Waals surface area contributed by atoms with Crippen LogP contribution in [0.3, 0.4) is 0 Å². The zero-order valence-corrected chi connectivity index (χ0v) is 35.1. The third-order valence-corrected chi connectivity index (χ3v) is 6.67. The Labute approximate surface area is 322 Å². The van der Waals surface area contributed by atoms with Gasteiger partial charge in [0.25, 0.3) is 0 Å². The smallest absolute Gasteiger partial charge is 0.437 e. The Kier molecular flexibility index (Phi) is 18.6. The van der Waals surface area contributed by atoms with Crippen molar-refractivity contribution in [2.75, 3.05) is 25.0 Å². The van der Waals surface area contributed by atoms with E-state index in [1.165, 1.54) is 17.0 Å². The highest BCUT2D eigenvalue weighted by Crippen LogP contribution is 2.19. The Bertz CT molecular complexity index is 1390. The van der Waals surface area contributed by atoms with Gasteiger partial charge in [0.05, 0.1) is 6.61 Å². The lowest BCUT2D eigenvalue weighted by Gasteiger charge is -2.34. The van der Waals surface area contributed by atoms with E-state index in [1.807, 2.05) is 0 Å². The van der Waals surface area contributed by atoms with Gasteiger partial charge in [0.2, 0.25) is 11.8 Å². The fraction of sp³-hybridized carbons (Fsp3) is 0.722. The second-order valence-corrected chi connectivity index (χ2v) is 16.9. The highest BCUT2D eigenvalue weighted by Gasteiger charge is 2.35. The van der Waals surface area contributed by atoms with Crippen molar-refractivity contribution in [2.45, 2.75) is 144 Å². The number of amidine groups is 1. The zero-order valence-electron chi connectivity index (χ0n) is 33.5. The minimum Gasteiger partial charge on any atom is -0.477 e. The van der Waals surface area contributed by atoms with Crippen molar-refractivity contribution in [3.8, 4) is 5.88 Å². The average molecular weight is 815 g/mol. The predicted octanol–water partition coefficient (Wildman–Crippen LogP) is 8.21. The number of halogens is 1. The van der Waals surface area contributed by atoms with Crippen LogP contribution in [0.1, 0.15) is 127 Å². The van der Waals surface area contributed by atoms with Crippen LogP contribution >= 0.6 is 15.9 Å². The second-order valence-electron chi connectivity index (χ2n) is 16.1. The molecule has 1 aromatic heterocycles. The average Bonchev–Trinajstić information content (AvgIpc) is 2.96. The molecule has 0 aromatic carbocycles. The number of carbonyl (C=O) groups is 4. The molecule has 300 valence electrons. The molecule has 0 atom stereocenters. The number of alkyl halides is 1. The molecular formula is C36H60BrN7O9. The molecule has 16 nitrogen and oxygen atoms in total. The maximum atomic E-state index is 13.8. The molecule has 0 aliphatic rings. The van der Waals surface area contributed by atoms with Crippen LogP contribution in [0.5, 0.6) is 5.88 Å². The fourth-order valence-electron chi connectivity index (χ4n) is 4.11.